The van der Waals surface area contributed by atoms with E-state index in [1.165, 1.54) is 10.4 Å². The van der Waals surface area contributed by atoms with Gasteiger partial charge in [-0.05, 0) is 60.1 Å². The number of amides is 1. The van der Waals surface area contributed by atoms with Crippen LogP contribution in [0.1, 0.15) is 56.0 Å². The van der Waals surface area contributed by atoms with Gasteiger partial charge in [0.2, 0.25) is 10.0 Å². The van der Waals surface area contributed by atoms with Crippen LogP contribution in [0.25, 0.3) is 0 Å². The average molecular weight is 433 g/mol. The number of rotatable bonds is 5. The molecule has 2 aromatic carbocycles. The summed E-state index contributed by atoms with van der Waals surface area (Å²) in [5.41, 5.74) is 1.84. The van der Waals surface area contributed by atoms with Crippen LogP contribution in [-0.2, 0) is 10.0 Å². The van der Waals surface area contributed by atoms with Gasteiger partial charge in [-0.3, -0.25) is 4.79 Å². The molecule has 2 atom stereocenters. The molecule has 1 aliphatic heterocycles. The van der Waals surface area contributed by atoms with Gasteiger partial charge in [-0.25, -0.2) is 12.8 Å². The number of piperidine rings is 1. The Morgan fingerprint density at radius 1 is 1.07 bits per heavy atom. The first-order chi connectivity index (χ1) is 14.1. The van der Waals surface area contributed by atoms with E-state index >= 15 is 0 Å². The quantitative estimate of drug-likeness (QED) is 0.733. The molecule has 1 N–H and O–H groups in total. The maximum absolute atomic E-state index is 14.5. The minimum absolute atomic E-state index is 0.0982. The lowest BCUT2D eigenvalue weighted by Gasteiger charge is -2.34. The highest BCUT2D eigenvalue weighted by atomic mass is 32.2. The summed E-state index contributed by atoms with van der Waals surface area (Å²) in [5, 5.41) is 2.75. The third-order valence-corrected chi connectivity index (χ3v) is 7.33. The van der Waals surface area contributed by atoms with Gasteiger partial charge < -0.3 is 5.32 Å². The topological polar surface area (TPSA) is 66.5 Å². The Morgan fingerprint density at radius 3 is 2.23 bits per heavy atom. The van der Waals surface area contributed by atoms with Crippen molar-refractivity contribution in [1.29, 1.82) is 0 Å². The molecule has 1 heterocycles. The second-order valence-corrected chi connectivity index (χ2v) is 10.6. The summed E-state index contributed by atoms with van der Waals surface area (Å²) >= 11 is 0. The number of hydrogen-bond donors (Lipinski definition) is 1. The van der Waals surface area contributed by atoms with Crippen LogP contribution in [0.2, 0.25) is 0 Å². The predicted octanol–water partition coefficient (Wildman–Crippen LogP) is 4.87. The summed E-state index contributed by atoms with van der Waals surface area (Å²) in [6, 6.07) is 10.9. The number of nitrogens with one attached hydrogen (secondary N) is 1. The minimum Gasteiger partial charge on any atom is -0.322 e. The second kappa shape index (κ2) is 8.86. The monoisotopic (exact) mass is 432 g/mol. The van der Waals surface area contributed by atoms with E-state index in [2.05, 4.69) is 19.2 Å². The molecule has 0 aromatic heterocycles. The van der Waals surface area contributed by atoms with Crippen molar-refractivity contribution in [3.63, 3.8) is 0 Å². The maximum Gasteiger partial charge on any atom is 0.255 e. The van der Waals surface area contributed by atoms with Crippen molar-refractivity contribution in [3.05, 3.63) is 59.4 Å². The molecule has 30 heavy (non-hydrogen) atoms. The van der Waals surface area contributed by atoms with E-state index in [1.54, 1.807) is 12.1 Å². The fraction of sp³-hybridized carbons (Fsp3) is 0.435. The zero-order valence-corrected chi connectivity index (χ0v) is 18.7. The standard InChI is InChI=1S/C23H29FN2O3S/c1-15(2)18-5-8-20(9-6-18)25-23(27)19-7-10-21(24)22(12-19)30(28,29)26-13-16(3)11-17(4)14-26/h5-10,12,15-17H,11,13-14H2,1-4H3,(H,25,27)/t16-,17-/m1/s1. The molecule has 7 heteroatoms. The minimum atomic E-state index is -4.02. The third kappa shape index (κ3) is 4.90. The summed E-state index contributed by atoms with van der Waals surface area (Å²) in [7, 11) is -4.02. The normalized spacial score (nSPS) is 20.3. The second-order valence-electron chi connectivity index (χ2n) is 8.64. The van der Waals surface area contributed by atoms with Crippen LogP contribution in [0.4, 0.5) is 10.1 Å². The van der Waals surface area contributed by atoms with Crippen LogP contribution >= 0.6 is 0 Å². The third-order valence-electron chi connectivity index (χ3n) is 5.48. The van der Waals surface area contributed by atoms with Crippen molar-refractivity contribution in [1.82, 2.24) is 4.31 Å². The largest absolute Gasteiger partial charge is 0.322 e. The van der Waals surface area contributed by atoms with E-state index in [4.69, 9.17) is 0 Å². The molecular weight excluding hydrogens is 403 g/mol. The van der Waals surface area contributed by atoms with Crippen molar-refractivity contribution < 1.29 is 17.6 Å². The van der Waals surface area contributed by atoms with E-state index in [0.717, 1.165) is 24.1 Å². The molecule has 1 fully saturated rings. The Kier molecular flexibility index (Phi) is 6.62. The zero-order valence-electron chi connectivity index (χ0n) is 17.9. The SMILES string of the molecule is CC(C)c1ccc(NC(=O)c2ccc(F)c(S(=O)(=O)N3C[C@H](C)C[C@@H](C)C3)c2)cc1. The van der Waals surface area contributed by atoms with Gasteiger partial charge in [0.15, 0.2) is 0 Å². The number of carbonyl (C=O) groups is 1. The molecule has 0 spiro atoms. The molecule has 5 nitrogen and oxygen atoms in total. The lowest BCUT2D eigenvalue weighted by molar-refractivity contribution is 0.102. The van der Waals surface area contributed by atoms with Crippen LogP contribution < -0.4 is 5.32 Å². The number of anilines is 1. The Labute approximate surface area is 178 Å². The Balaban J connectivity index is 1.84. The van der Waals surface area contributed by atoms with Crippen molar-refractivity contribution >= 4 is 21.6 Å². The average Bonchev–Trinajstić information content (AvgIpc) is 2.67. The van der Waals surface area contributed by atoms with Crippen LogP contribution in [0.15, 0.2) is 47.4 Å². The van der Waals surface area contributed by atoms with Crippen LogP contribution in [-0.4, -0.2) is 31.7 Å². The van der Waals surface area contributed by atoms with Gasteiger partial charge in [-0.2, -0.15) is 4.31 Å². The van der Waals surface area contributed by atoms with Crippen molar-refractivity contribution in [2.75, 3.05) is 18.4 Å². The lowest BCUT2D eigenvalue weighted by atomic mass is 9.94. The van der Waals surface area contributed by atoms with Gasteiger partial charge in [-0.1, -0.05) is 39.8 Å². The van der Waals surface area contributed by atoms with Gasteiger partial charge in [0, 0.05) is 24.3 Å². The predicted molar refractivity (Wildman–Crippen MR) is 117 cm³/mol. The molecule has 1 aliphatic rings. The van der Waals surface area contributed by atoms with Crippen LogP contribution in [0.5, 0.6) is 0 Å². The molecule has 1 amide bonds. The Morgan fingerprint density at radius 2 is 1.67 bits per heavy atom. The summed E-state index contributed by atoms with van der Waals surface area (Å²) in [4.78, 5) is 12.2. The van der Waals surface area contributed by atoms with Gasteiger partial charge in [0.1, 0.15) is 10.7 Å². The molecule has 0 radical (unpaired) electrons. The van der Waals surface area contributed by atoms with Crippen molar-refractivity contribution in [3.8, 4) is 0 Å². The van der Waals surface area contributed by atoms with Gasteiger partial charge in [0.05, 0.1) is 0 Å². The number of halogens is 1. The number of sulfonamides is 1. The van der Waals surface area contributed by atoms with E-state index in [-0.39, 0.29) is 17.4 Å². The molecule has 0 saturated carbocycles. The number of hydrogen-bond acceptors (Lipinski definition) is 3. The molecule has 1 saturated heterocycles. The van der Waals surface area contributed by atoms with Crippen LogP contribution in [0.3, 0.4) is 0 Å². The summed E-state index contributed by atoms with van der Waals surface area (Å²) in [6.07, 6.45) is 0.937. The zero-order chi connectivity index (χ0) is 22.1. The Hall–Kier alpha value is -2.25. The molecule has 2 aromatic rings. The van der Waals surface area contributed by atoms with E-state index in [9.17, 15) is 17.6 Å². The smallest absolute Gasteiger partial charge is 0.255 e. The van der Waals surface area contributed by atoms with Crippen molar-refractivity contribution in [2.45, 2.75) is 44.9 Å². The molecule has 0 bridgehead atoms. The maximum atomic E-state index is 14.5. The van der Waals surface area contributed by atoms with Gasteiger partial charge >= 0.3 is 0 Å². The first-order valence-electron chi connectivity index (χ1n) is 10.3. The number of benzene rings is 2. The van der Waals surface area contributed by atoms with Crippen molar-refractivity contribution in [2.24, 2.45) is 11.8 Å². The first-order valence-corrected chi connectivity index (χ1v) is 11.7. The lowest BCUT2D eigenvalue weighted by Crippen LogP contribution is -2.42. The van der Waals surface area contributed by atoms with Gasteiger partial charge in [0.25, 0.3) is 5.91 Å². The summed E-state index contributed by atoms with van der Waals surface area (Å²) in [5.74, 6) is -0.554. The van der Waals surface area contributed by atoms with Crippen LogP contribution in [0, 0.1) is 17.7 Å². The van der Waals surface area contributed by atoms with E-state index in [1.807, 2.05) is 26.0 Å². The molecular formula is C23H29FN2O3S. The fourth-order valence-corrected chi connectivity index (χ4v) is 5.71. The molecule has 0 aliphatic carbocycles. The summed E-state index contributed by atoms with van der Waals surface area (Å²) < 4.78 is 42.0. The van der Waals surface area contributed by atoms with E-state index < -0.39 is 26.6 Å². The molecule has 3 rings (SSSR count). The Bertz CT molecular complexity index is 1010. The molecule has 162 valence electrons. The number of carbonyl (C=O) groups excluding carboxylic acids is 1. The van der Waals surface area contributed by atoms with E-state index in [0.29, 0.717) is 24.7 Å². The van der Waals surface area contributed by atoms with Gasteiger partial charge in [-0.15, -0.1) is 0 Å². The summed E-state index contributed by atoms with van der Waals surface area (Å²) in [6.45, 7) is 8.84. The highest BCUT2D eigenvalue weighted by Gasteiger charge is 2.33. The highest BCUT2D eigenvalue weighted by Crippen LogP contribution is 2.28. The fourth-order valence-electron chi connectivity index (χ4n) is 3.94. The number of nitrogens with zero attached hydrogens (tertiary/aromatic N) is 1. The highest BCUT2D eigenvalue weighted by molar-refractivity contribution is 7.89. The molecule has 0 unspecified atom stereocenters. The first kappa shape index (κ1) is 22.4.